The van der Waals surface area contributed by atoms with Gasteiger partial charge in [-0.05, 0) is 163 Å². The van der Waals surface area contributed by atoms with E-state index in [2.05, 4.69) is 66.8 Å². The molecule has 0 aromatic carbocycles. The highest BCUT2D eigenvalue weighted by molar-refractivity contribution is 5.77. The molecule has 0 bridgehead atoms. The molecule has 4 rings (SSSR count). The predicted octanol–water partition coefficient (Wildman–Crippen LogP) is 10.9. The van der Waals surface area contributed by atoms with E-state index in [4.69, 9.17) is 16.2 Å². The lowest BCUT2D eigenvalue weighted by atomic mass is 9.47. The third kappa shape index (κ3) is 12.3. The molecule has 0 heterocycles. The van der Waals surface area contributed by atoms with Gasteiger partial charge in [0.2, 0.25) is 5.91 Å². The van der Waals surface area contributed by atoms with Crippen molar-refractivity contribution in [2.45, 2.75) is 220 Å². The van der Waals surface area contributed by atoms with E-state index < -0.39 is 0 Å². The van der Waals surface area contributed by atoms with Crippen molar-refractivity contribution < 1.29 is 14.3 Å². The highest BCUT2D eigenvalue weighted by Crippen LogP contribution is 2.67. The molecular weight excluding hydrogens is 693 g/mol. The number of nitrogens with zero attached hydrogens (tertiary/aromatic N) is 1. The first-order valence-electron chi connectivity index (χ1n) is 24.1. The van der Waals surface area contributed by atoms with Crippen molar-refractivity contribution in [1.29, 1.82) is 0 Å². The molecular formula is C49H90N4O3. The molecule has 7 unspecified atom stereocenters. The topological polar surface area (TPSA) is 111 Å². The number of rotatable bonds is 25. The molecule has 0 saturated heterocycles. The van der Waals surface area contributed by atoms with Crippen molar-refractivity contribution in [2.75, 3.05) is 26.2 Å². The Bertz CT molecular complexity index is 1240. The summed E-state index contributed by atoms with van der Waals surface area (Å²) in [6.45, 7) is 21.8. The van der Waals surface area contributed by atoms with E-state index in [1.165, 1.54) is 57.8 Å². The Balaban J connectivity index is 1.22. The summed E-state index contributed by atoms with van der Waals surface area (Å²) in [5.74, 6) is 4.22. The van der Waals surface area contributed by atoms with Gasteiger partial charge in [0.05, 0.1) is 0 Å². The summed E-state index contributed by atoms with van der Waals surface area (Å²) in [4.78, 5) is 28.7. The second-order valence-electron chi connectivity index (χ2n) is 20.4. The minimum absolute atomic E-state index is 0.0271. The SMILES string of the molecule is CCC(N)(CC)CCNCCCCN(CCC(N)(CC)CC)C(=O)CCCC(=O)OC1CCC2(C)C(=CCC3C2CCC2(C)C(CCCCC(C)C)CCC32)C1. The van der Waals surface area contributed by atoms with Crippen LogP contribution in [-0.4, -0.2) is 60.1 Å². The van der Waals surface area contributed by atoms with E-state index in [0.29, 0.717) is 31.2 Å². The Hall–Kier alpha value is -1.44. The molecule has 5 N–H and O–H groups in total. The fourth-order valence-corrected chi connectivity index (χ4v) is 12.0. The molecule has 7 heteroatoms. The van der Waals surface area contributed by atoms with Crippen LogP contribution >= 0.6 is 0 Å². The van der Waals surface area contributed by atoms with Crippen molar-refractivity contribution in [3.63, 3.8) is 0 Å². The molecule has 1 amide bonds. The number of carbonyl (C=O) groups is 2. The summed E-state index contributed by atoms with van der Waals surface area (Å²) in [5, 5.41) is 3.56. The normalized spacial score (nSPS) is 29.1. The fraction of sp³-hybridized carbons (Fsp3) is 0.918. The number of esters is 1. The van der Waals surface area contributed by atoms with E-state index in [9.17, 15) is 9.59 Å². The van der Waals surface area contributed by atoms with Crippen LogP contribution in [0.1, 0.15) is 203 Å². The summed E-state index contributed by atoms with van der Waals surface area (Å²) in [6, 6.07) is 0. The zero-order valence-corrected chi connectivity index (χ0v) is 38.0. The van der Waals surface area contributed by atoms with Gasteiger partial charge in [-0.2, -0.15) is 0 Å². The monoisotopic (exact) mass is 783 g/mol. The lowest BCUT2D eigenvalue weighted by Crippen LogP contribution is -2.50. The Morgan fingerprint density at radius 3 is 2.25 bits per heavy atom. The number of nitrogens with two attached hydrogens (primary N) is 2. The number of allylic oxidation sites excluding steroid dienone is 1. The standard InChI is InChI=1S/C49H90N4O3/c1-9-48(50,10-2)30-33-52-32-15-16-34-53(35-31-49(51,11-3)12-4)44(54)20-17-21-45(55)56-40-26-28-47(8)39(36-40)22-24-41-42-25-23-38(19-14-13-18-37(5)6)46(42,7)29-27-43(41)47/h22,37-38,40-43,52H,9-21,23-36,50-51H2,1-8H3. The van der Waals surface area contributed by atoms with E-state index in [-0.39, 0.29) is 34.5 Å². The van der Waals surface area contributed by atoms with Crippen molar-refractivity contribution in [2.24, 2.45) is 51.9 Å². The zero-order valence-electron chi connectivity index (χ0n) is 38.0. The maximum absolute atomic E-state index is 13.5. The highest BCUT2D eigenvalue weighted by atomic mass is 16.5. The van der Waals surface area contributed by atoms with Gasteiger partial charge in [0.1, 0.15) is 6.10 Å². The summed E-state index contributed by atoms with van der Waals surface area (Å²) in [7, 11) is 0. The summed E-state index contributed by atoms with van der Waals surface area (Å²) >= 11 is 0. The number of hydrogen-bond donors (Lipinski definition) is 3. The van der Waals surface area contributed by atoms with Gasteiger partial charge in [-0.25, -0.2) is 0 Å². The van der Waals surface area contributed by atoms with Gasteiger partial charge in [-0.3, -0.25) is 9.59 Å². The minimum Gasteiger partial charge on any atom is -0.462 e. The molecule has 324 valence electrons. The number of nitrogens with one attached hydrogen (secondary N) is 1. The molecule has 4 aliphatic carbocycles. The zero-order chi connectivity index (χ0) is 41.0. The largest absolute Gasteiger partial charge is 0.462 e. The maximum atomic E-state index is 13.5. The average molecular weight is 783 g/mol. The smallest absolute Gasteiger partial charge is 0.306 e. The van der Waals surface area contributed by atoms with Crippen molar-refractivity contribution in [3.8, 4) is 0 Å². The molecule has 4 aliphatic rings. The summed E-state index contributed by atoms with van der Waals surface area (Å²) in [5.41, 5.74) is 15.2. The van der Waals surface area contributed by atoms with Gasteiger partial charge in [-0.15, -0.1) is 0 Å². The van der Waals surface area contributed by atoms with Crippen LogP contribution in [0.5, 0.6) is 0 Å². The minimum atomic E-state index is -0.244. The second kappa shape index (κ2) is 21.7. The number of unbranched alkanes of at least 4 members (excludes halogenated alkanes) is 2. The molecule has 0 aliphatic heterocycles. The third-order valence-electron chi connectivity index (χ3n) is 16.8. The Morgan fingerprint density at radius 1 is 0.839 bits per heavy atom. The van der Waals surface area contributed by atoms with Gasteiger partial charge in [-0.1, -0.05) is 86.3 Å². The number of carbonyl (C=O) groups excluding carboxylic acids is 2. The Morgan fingerprint density at radius 2 is 1.55 bits per heavy atom. The van der Waals surface area contributed by atoms with E-state index >= 15 is 0 Å². The van der Waals surface area contributed by atoms with Gasteiger partial charge >= 0.3 is 5.97 Å². The molecule has 3 fully saturated rings. The van der Waals surface area contributed by atoms with Crippen LogP contribution in [0, 0.1) is 40.4 Å². The maximum Gasteiger partial charge on any atom is 0.306 e. The van der Waals surface area contributed by atoms with Gasteiger partial charge in [0.15, 0.2) is 0 Å². The van der Waals surface area contributed by atoms with Crippen LogP contribution in [0.25, 0.3) is 0 Å². The molecule has 3 saturated carbocycles. The van der Waals surface area contributed by atoms with Crippen LogP contribution in [0.15, 0.2) is 11.6 Å². The second-order valence-corrected chi connectivity index (χ2v) is 20.4. The number of ether oxygens (including phenoxy) is 1. The average Bonchev–Trinajstić information content (AvgIpc) is 3.52. The van der Waals surface area contributed by atoms with Gasteiger partial charge in [0, 0.05) is 43.4 Å². The van der Waals surface area contributed by atoms with E-state index in [0.717, 1.165) is 120 Å². The predicted molar refractivity (Wildman–Crippen MR) is 235 cm³/mol. The molecule has 56 heavy (non-hydrogen) atoms. The molecule has 0 radical (unpaired) electrons. The van der Waals surface area contributed by atoms with Gasteiger partial charge < -0.3 is 26.4 Å². The Labute approximate surface area is 345 Å². The van der Waals surface area contributed by atoms with Crippen molar-refractivity contribution >= 4 is 11.9 Å². The van der Waals surface area contributed by atoms with Crippen LogP contribution in [0.3, 0.4) is 0 Å². The van der Waals surface area contributed by atoms with E-state index in [1.54, 1.807) is 5.57 Å². The lowest BCUT2D eigenvalue weighted by molar-refractivity contribution is -0.151. The summed E-state index contributed by atoms with van der Waals surface area (Å²) in [6.07, 6.45) is 26.8. The van der Waals surface area contributed by atoms with Crippen molar-refractivity contribution in [3.05, 3.63) is 11.6 Å². The fourth-order valence-electron chi connectivity index (χ4n) is 12.0. The van der Waals surface area contributed by atoms with Crippen LogP contribution in [-0.2, 0) is 14.3 Å². The first-order valence-corrected chi connectivity index (χ1v) is 24.1. The molecule has 0 spiro atoms. The molecule has 0 aromatic rings. The summed E-state index contributed by atoms with van der Waals surface area (Å²) < 4.78 is 6.16. The Kier molecular flexibility index (Phi) is 18.3. The molecule has 7 nitrogen and oxygen atoms in total. The van der Waals surface area contributed by atoms with Crippen LogP contribution in [0.4, 0.5) is 0 Å². The van der Waals surface area contributed by atoms with Crippen LogP contribution in [0.2, 0.25) is 0 Å². The van der Waals surface area contributed by atoms with Gasteiger partial charge in [0.25, 0.3) is 0 Å². The first-order chi connectivity index (χ1) is 26.7. The highest BCUT2D eigenvalue weighted by Gasteiger charge is 2.58. The quantitative estimate of drug-likeness (QED) is 0.0483. The first kappa shape index (κ1) is 47.2. The van der Waals surface area contributed by atoms with Crippen molar-refractivity contribution in [1.82, 2.24) is 10.2 Å². The number of hydrogen-bond acceptors (Lipinski definition) is 6. The van der Waals surface area contributed by atoms with E-state index in [1.807, 2.05) is 4.90 Å². The third-order valence-corrected chi connectivity index (χ3v) is 16.8. The van der Waals surface area contributed by atoms with Crippen LogP contribution < -0.4 is 16.8 Å². The number of fused-ring (bicyclic) bond motifs is 5. The molecule has 7 atom stereocenters. The lowest BCUT2D eigenvalue weighted by Gasteiger charge is -2.58. The molecule has 0 aromatic heterocycles. The number of amides is 1.